The first kappa shape index (κ1) is 15.4. The summed E-state index contributed by atoms with van der Waals surface area (Å²) >= 11 is 0. The fourth-order valence-electron chi connectivity index (χ4n) is 2.59. The number of likely N-dealkylation sites (N-methyl/N-ethyl adjacent to an activating group) is 2. The minimum Gasteiger partial charge on any atom is -0.392 e. The SMILES string of the molecule is CCC(O)C(C)c1nc(CC2CN(C)CCN2C)no1. The van der Waals surface area contributed by atoms with Crippen LogP contribution in [0.15, 0.2) is 4.52 Å². The van der Waals surface area contributed by atoms with Gasteiger partial charge in [-0.05, 0) is 20.5 Å². The van der Waals surface area contributed by atoms with E-state index in [0.29, 0.717) is 18.4 Å². The maximum absolute atomic E-state index is 9.84. The highest BCUT2D eigenvalue weighted by Gasteiger charge is 2.26. The Morgan fingerprint density at radius 1 is 1.40 bits per heavy atom. The third kappa shape index (κ3) is 3.56. The van der Waals surface area contributed by atoms with Crippen LogP contribution in [0, 0.1) is 0 Å². The predicted octanol–water partition coefficient (Wildman–Crippen LogP) is 0.732. The first-order valence-corrected chi connectivity index (χ1v) is 7.40. The molecule has 2 heterocycles. The summed E-state index contributed by atoms with van der Waals surface area (Å²) in [7, 11) is 4.28. The standard InChI is InChI=1S/C14H26N4O2/c1-5-12(19)10(2)14-15-13(16-20-14)8-11-9-17(3)6-7-18(11)4/h10-12,19H,5-9H2,1-4H3. The molecule has 0 spiro atoms. The smallest absolute Gasteiger partial charge is 0.232 e. The van der Waals surface area contributed by atoms with Gasteiger partial charge < -0.3 is 19.4 Å². The molecule has 1 saturated heterocycles. The Hall–Kier alpha value is -0.980. The number of aromatic nitrogens is 2. The van der Waals surface area contributed by atoms with Gasteiger partial charge >= 0.3 is 0 Å². The molecule has 0 aromatic carbocycles. The summed E-state index contributed by atoms with van der Waals surface area (Å²) in [5.74, 6) is 1.18. The fourth-order valence-corrected chi connectivity index (χ4v) is 2.59. The molecule has 114 valence electrons. The van der Waals surface area contributed by atoms with Gasteiger partial charge in [-0.25, -0.2) is 0 Å². The van der Waals surface area contributed by atoms with Crippen molar-refractivity contribution in [1.29, 1.82) is 0 Å². The molecule has 1 aromatic rings. The van der Waals surface area contributed by atoms with E-state index in [-0.39, 0.29) is 5.92 Å². The zero-order valence-electron chi connectivity index (χ0n) is 12.9. The molecular weight excluding hydrogens is 256 g/mol. The number of nitrogens with zero attached hydrogens (tertiary/aromatic N) is 4. The van der Waals surface area contributed by atoms with Crippen LogP contribution in [0.3, 0.4) is 0 Å². The molecule has 1 fully saturated rings. The van der Waals surface area contributed by atoms with E-state index in [1.54, 1.807) is 0 Å². The summed E-state index contributed by atoms with van der Waals surface area (Å²) in [6.45, 7) is 7.06. The normalized spacial score (nSPS) is 24.8. The van der Waals surface area contributed by atoms with Crippen LogP contribution in [0.1, 0.15) is 37.9 Å². The molecule has 1 aromatic heterocycles. The van der Waals surface area contributed by atoms with Crippen LogP contribution in [0.2, 0.25) is 0 Å². The molecule has 6 heteroatoms. The molecule has 3 atom stereocenters. The maximum atomic E-state index is 9.84. The van der Waals surface area contributed by atoms with Gasteiger partial charge in [-0.15, -0.1) is 0 Å². The van der Waals surface area contributed by atoms with Crippen LogP contribution < -0.4 is 0 Å². The van der Waals surface area contributed by atoms with Crippen molar-refractivity contribution in [2.24, 2.45) is 0 Å². The highest BCUT2D eigenvalue weighted by Crippen LogP contribution is 2.20. The molecular formula is C14H26N4O2. The van der Waals surface area contributed by atoms with Crippen molar-refractivity contribution in [3.63, 3.8) is 0 Å². The van der Waals surface area contributed by atoms with Crippen molar-refractivity contribution in [3.8, 4) is 0 Å². The van der Waals surface area contributed by atoms with E-state index in [9.17, 15) is 5.11 Å². The van der Waals surface area contributed by atoms with Gasteiger partial charge in [-0.1, -0.05) is 19.0 Å². The lowest BCUT2D eigenvalue weighted by atomic mass is 10.0. The monoisotopic (exact) mass is 282 g/mol. The van der Waals surface area contributed by atoms with Gasteiger partial charge in [0.05, 0.1) is 12.0 Å². The molecule has 6 nitrogen and oxygen atoms in total. The van der Waals surface area contributed by atoms with Gasteiger partial charge in [0.15, 0.2) is 5.82 Å². The van der Waals surface area contributed by atoms with Crippen LogP contribution in [-0.2, 0) is 6.42 Å². The molecule has 0 radical (unpaired) electrons. The molecule has 1 aliphatic heterocycles. The Kier molecular flexibility index (Phi) is 5.12. The van der Waals surface area contributed by atoms with E-state index >= 15 is 0 Å². The molecule has 2 rings (SSSR count). The molecule has 0 amide bonds. The third-order valence-electron chi connectivity index (χ3n) is 4.27. The zero-order valence-corrected chi connectivity index (χ0v) is 12.9. The lowest BCUT2D eigenvalue weighted by Crippen LogP contribution is -2.50. The number of rotatable bonds is 5. The first-order chi connectivity index (χ1) is 9.51. The summed E-state index contributed by atoms with van der Waals surface area (Å²) < 4.78 is 5.30. The average Bonchev–Trinajstić information content (AvgIpc) is 2.89. The van der Waals surface area contributed by atoms with Crippen LogP contribution in [0.4, 0.5) is 0 Å². The van der Waals surface area contributed by atoms with E-state index in [0.717, 1.165) is 31.9 Å². The van der Waals surface area contributed by atoms with Crippen molar-refractivity contribution in [3.05, 3.63) is 11.7 Å². The van der Waals surface area contributed by atoms with E-state index < -0.39 is 6.10 Å². The number of hydrogen-bond donors (Lipinski definition) is 1. The fraction of sp³-hybridized carbons (Fsp3) is 0.857. The Labute approximate surface area is 120 Å². The van der Waals surface area contributed by atoms with Gasteiger partial charge in [0.1, 0.15) is 0 Å². The van der Waals surface area contributed by atoms with E-state index in [1.165, 1.54) is 0 Å². The summed E-state index contributed by atoms with van der Waals surface area (Å²) in [5, 5.41) is 13.9. The van der Waals surface area contributed by atoms with Crippen molar-refractivity contribution in [2.45, 2.75) is 44.8 Å². The van der Waals surface area contributed by atoms with Gasteiger partial charge in [-0.2, -0.15) is 4.98 Å². The quantitative estimate of drug-likeness (QED) is 0.859. The zero-order chi connectivity index (χ0) is 14.7. The van der Waals surface area contributed by atoms with Gasteiger partial charge in [0, 0.05) is 32.1 Å². The van der Waals surface area contributed by atoms with E-state index in [1.807, 2.05) is 13.8 Å². The van der Waals surface area contributed by atoms with Gasteiger partial charge in [0.25, 0.3) is 0 Å². The Morgan fingerprint density at radius 2 is 2.15 bits per heavy atom. The molecule has 0 aliphatic carbocycles. The van der Waals surface area contributed by atoms with Gasteiger partial charge in [0.2, 0.25) is 5.89 Å². The molecule has 3 unspecified atom stereocenters. The highest BCUT2D eigenvalue weighted by molar-refractivity contribution is 4.98. The molecule has 0 saturated carbocycles. The average molecular weight is 282 g/mol. The van der Waals surface area contributed by atoms with E-state index in [2.05, 4.69) is 34.0 Å². The minimum absolute atomic E-state index is 0.104. The molecule has 0 bridgehead atoms. The second-order valence-corrected chi connectivity index (χ2v) is 5.91. The summed E-state index contributed by atoms with van der Waals surface area (Å²) in [6, 6.07) is 0.422. The van der Waals surface area contributed by atoms with Crippen molar-refractivity contribution in [2.75, 3.05) is 33.7 Å². The maximum Gasteiger partial charge on any atom is 0.232 e. The number of hydrogen-bond acceptors (Lipinski definition) is 6. The molecule has 1 aliphatic rings. The van der Waals surface area contributed by atoms with Crippen LogP contribution >= 0.6 is 0 Å². The number of aliphatic hydroxyl groups is 1. The van der Waals surface area contributed by atoms with Gasteiger partial charge in [-0.3, -0.25) is 0 Å². The highest BCUT2D eigenvalue weighted by atomic mass is 16.5. The second-order valence-electron chi connectivity index (χ2n) is 5.91. The van der Waals surface area contributed by atoms with Crippen LogP contribution in [-0.4, -0.2) is 70.9 Å². The predicted molar refractivity (Wildman–Crippen MR) is 76.6 cm³/mol. The topological polar surface area (TPSA) is 65.6 Å². The first-order valence-electron chi connectivity index (χ1n) is 7.40. The van der Waals surface area contributed by atoms with Crippen LogP contribution in [0.25, 0.3) is 0 Å². The van der Waals surface area contributed by atoms with Crippen molar-refractivity contribution in [1.82, 2.24) is 19.9 Å². The van der Waals surface area contributed by atoms with Crippen molar-refractivity contribution >= 4 is 0 Å². The Morgan fingerprint density at radius 3 is 2.85 bits per heavy atom. The number of aliphatic hydroxyl groups excluding tert-OH is 1. The third-order valence-corrected chi connectivity index (χ3v) is 4.27. The van der Waals surface area contributed by atoms with E-state index in [4.69, 9.17) is 4.52 Å². The lowest BCUT2D eigenvalue weighted by molar-refractivity contribution is 0.113. The Bertz CT molecular complexity index is 423. The Balaban J connectivity index is 1.98. The molecule has 1 N–H and O–H groups in total. The lowest BCUT2D eigenvalue weighted by Gasteiger charge is -2.37. The summed E-state index contributed by atoms with van der Waals surface area (Å²) in [6.07, 6.45) is 1.06. The minimum atomic E-state index is -0.424. The summed E-state index contributed by atoms with van der Waals surface area (Å²) in [4.78, 5) is 9.13. The second kappa shape index (κ2) is 6.65. The van der Waals surface area contributed by atoms with Crippen molar-refractivity contribution < 1.29 is 9.63 Å². The summed E-state index contributed by atoms with van der Waals surface area (Å²) in [5.41, 5.74) is 0. The largest absolute Gasteiger partial charge is 0.392 e. The van der Waals surface area contributed by atoms with Crippen LogP contribution in [0.5, 0.6) is 0 Å². The molecule has 20 heavy (non-hydrogen) atoms. The number of piperazine rings is 1.